The molecule has 0 saturated carbocycles. The van der Waals surface area contributed by atoms with Crippen LogP contribution >= 0.6 is 27.5 Å². The molecule has 182 valence electrons. The molecule has 0 aromatic heterocycles. The average molecular weight is 560 g/mol. The fourth-order valence-corrected chi connectivity index (χ4v) is 3.89. The molecule has 0 bridgehead atoms. The Morgan fingerprint density at radius 2 is 1.51 bits per heavy atom. The number of esters is 1. The molecular formula is C26H24BrClN2O5. The van der Waals surface area contributed by atoms with Gasteiger partial charge in [-0.1, -0.05) is 33.6 Å². The Kier molecular flexibility index (Phi) is 9.28. The van der Waals surface area contributed by atoms with Crippen LogP contribution in [0.2, 0.25) is 5.02 Å². The number of amides is 2. The molecule has 3 rings (SSSR count). The number of aryl methyl sites for hydroxylation is 2. The number of rotatable bonds is 9. The minimum Gasteiger partial charge on any atom is -0.457 e. The van der Waals surface area contributed by atoms with E-state index >= 15 is 0 Å². The van der Waals surface area contributed by atoms with Crippen molar-refractivity contribution in [2.45, 2.75) is 26.7 Å². The molecule has 0 aliphatic carbocycles. The molecule has 0 radical (unpaired) electrons. The molecule has 0 unspecified atom stereocenters. The van der Waals surface area contributed by atoms with Gasteiger partial charge in [-0.15, -0.1) is 0 Å². The van der Waals surface area contributed by atoms with Crippen molar-refractivity contribution in [1.82, 2.24) is 0 Å². The van der Waals surface area contributed by atoms with Gasteiger partial charge in [-0.3, -0.25) is 14.4 Å². The van der Waals surface area contributed by atoms with E-state index in [1.165, 1.54) is 0 Å². The van der Waals surface area contributed by atoms with Crippen LogP contribution in [0.15, 0.2) is 65.1 Å². The first-order chi connectivity index (χ1) is 16.7. The van der Waals surface area contributed by atoms with Crippen LogP contribution in [0.5, 0.6) is 11.5 Å². The zero-order chi connectivity index (χ0) is 25.4. The molecule has 0 spiro atoms. The van der Waals surface area contributed by atoms with Crippen LogP contribution in [0, 0.1) is 13.8 Å². The maximum atomic E-state index is 12.2. The van der Waals surface area contributed by atoms with Crippen molar-refractivity contribution in [2.24, 2.45) is 0 Å². The van der Waals surface area contributed by atoms with Crippen LogP contribution in [0.3, 0.4) is 0 Å². The van der Waals surface area contributed by atoms with Crippen LogP contribution < -0.4 is 15.4 Å². The van der Waals surface area contributed by atoms with E-state index < -0.39 is 18.5 Å². The molecular weight excluding hydrogens is 536 g/mol. The second kappa shape index (κ2) is 12.4. The van der Waals surface area contributed by atoms with E-state index in [4.69, 9.17) is 21.1 Å². The molecule has 9 heteroatoms. The molecule has 3 aromatic rings. The summed E-state index contributed by atoms with van der Waals surface area (Å²) in [5.74, 6) is -0.161. The van der Waals surface area contributed by atoms with Crippen molar-refractivity contribution in [3.63, 3.8) is 0 Å². The number of carbonyl (C=O) groups is 3. The van der Waals surface area contributed by atoms with Gasteiger partial charge in [0.15, 0.2) is 6.61 Å². The molecule has 0 atom stereocenters. The smallest absolute Gasteiger partial charge is 0.306 e. The third-order valence-corrected chi connectivity index (χ3v) is 5.50. The molecule has 2 amide bonds. The number of ether oxygens (including phenoxy) is 2. The third-order valence-electron chi connectivity index (χ3n) is 4.69. The zero-order valence-corrected chi connectivity index (χ0v) is 21.5. The Morgan fingerprint density at radius 3 is 2.17 bits per heavy atom. The first-order valence-electron chi connectivity index (χ1n) is 10.7. The van der Waals surface area contributed by atoms with Gasteiger partial charge in [0.25, 0.3) is 5.91 Å². The van der Waals surface area contributed by atoms with Crippen molar-refractivity contribution in [3.8, 4) is 11.5 Å². The maximum Gasteiger partial charge on any atom is 0.306 e. The Bertz CT molecular complexity index is 1210. The largest absolute Gasteiger partial charge is 0.457 e. The van der Waals surface area contributed by atoms with E-state index in [9.17, 15) is 14.4 Å². The number of carbonyl (C=O) groups excluding carboxylic acids is 3. The highest BCUT2D eigenvalue weighted by Crippen LogP contribution is 2.26. The van der Waals surface area contributed by atoms with Crippen molar-refractivity contribution < 1.29 is 23.9 Å². The number of halogens is 2. The molecule has 0 aliphatic rings. The highest BCUT2D eigenvalue weighted by atomic mass is 79.9. The summed E-state index contributed by atoms with van der Waals surface area (Å²) in [5, 5.41) is 5.62. The second-order valence-electron chi connectivity index (χ2n) is 7.83. The van der Waals surface area contributed by atoms with Gasteiger partial charge in [0.05, 0.1) is 17.1 Å². The minimum absolute atomic E-state index is 0.0835. The highest BCUT2D eigenvalue weighted by molar-refractivity contribution is 9.10. The zero-order valence-electron chi connectivity index (χ0n) is 19.2. The second-order valence-corrected chi connectivity index (χ2v) is 9.15. The lowest BCUT2D eigenvalue weighted by Gasteiger charge is -2.10. The first kappa shape index (κ1) is 26.2. The first-order valence-corrected chi connectivity index (χ1v) is 11.9. The predicted molar refractivity (Wildman–Crippen MR) is 139 cm³/mol. The highest BCUT2D eigenvalue weighted by Gasteiger charge is 2.12. The molecule has 2 N–H and O–H groups in total. The Hall–Kier alpha value is -3.36. The summed E-state index contributed by atoms with van der Waals surface area (Å²) >= 11 is 9.32. The summed E-state index contributed by atoms with van der Waals surface area (Å²) in [6.07, 6.45) is -0.244. The van der Waals surface area contributed by atoms with Gasteiger partial charge in [-0.25, -0.2) is 0 Å². The van der Waals surface area contributed by atoms with Crippen molar-refractivity contribution in [3.05, 3.63) is 81.3 Å². The van der Waals surface area contributed by atoms with Gasteiger partial charge >= 0.3 is 5.97 Å². The number of hydrogen-bond donors (Lipinski definition) is 2. The lowest BCUT2D eigenvalue weighted by molar-refractivity contribution is -0.147. The van der Waals surface area contributed by atoms with E-state index in [1.807, 2.05) is 26.0 Å². The molecule has 0 fully saturated rings. The Balaban J connectivity index is 1.39. The lowest BCUT2D eigenvalue weighted by Crippen LogP contribution is -2.22. The van der Waals surface area contributed by atoms with Gasteiger partial charge in [0.2, 0.25) is 5.91 Å². The SMILES string of the molecule is Cc1cc(C)cc(Oc2ccc(NC(=O)CCC(=O)OCC(=O)Nc3ccc(Br)cc3Cl)cc2)c1. The van der Waals surface area contributed by atoms with Gasteiger partial charge in [-0.2, -0.15) is 0 Å². The fourth-order valence-electron chi connectivity index (χ4n) is 3.17. The minimum atomic E-state index is -0.658. The number of benzene rings is 3. The summed E-state index contributed by atoms with van der Waals surface area (Å²) in [7, 11) is 0. The van der Waals surface area contributed by atoms with E-state index in [0.717, 1.165) is 21.3 Å². The van der Waals surface area contributed by atoms with E-state index in [2.05, 4.69) is 32.6 Å². The fraction of sp³-hybridized carbons (Fsp3) is 0.192. The summed E-state index contributed by atoms with van der Waals surface area (Å²) in [6, 6.07) is 17.9. The van der Waals surface area contributed by atoms with Gasteiger partial charge < -0.3 is 20.1 Å². The van der Waals surface area contributed by atoms with Crippen LogP contribution in [0.4, 0.5) is 11.4 Å². The maximum absolute atomic E-state index is 12.2. The number of nitrogens with one attached hydrogen (secondary N) is 2. The number of hydrogen-bond acceptors (Lipinski definition) is 5. The van der Waals surface area contributed by atoms with Gasteiger partial charge in [0.1, 0.15) is 11.5 Å². The van der Waals surface area contributed by atoms with Crippen molar-refractivity contribution >= 4 is 56.7 Å². The lowest BCUT2D eigenvalue weighted by atomic mass is 10.1. The summed E-state index contributed by atoms with van der Waals surface area (Å²) < 4.78 is 11.6. The third kappa shape index (κ3) is 8.73. The standard InChI is InChI=1S/C26H24BrClN2O5/c1-16-11-17(2)13-21(12-16)35-20-6-4-19(5-7-20)29-24(31)9-10-26(33)34-15-25(32)30-23-8-3-18(27)14-22(23)28/h3-8,11-14H,9-10,15H2,1-2H3,(H,29,31)(H,30,32). The van der Waals surface area contributed by atoms with E-state index in [-0.39, 0.29) is 18.7 Å². The van der Waals surface area contributed by atoms with E-state index in [1.54, 1.807) is 42.5 Å². The average Bonchev–Trinajstić information content (AvgIpc) is 2.79. The molecule has 35 heavy (non-hydrogen) atoms. The Morgan fingerprint density at radius 1 is 0.829 bits per heavy atom. The number of anilines is 2. The topological polar surface area (TPSA) is 93.7 Å². The monoisotopic (exact) mass is 558 g/mol. The van der Waals surface area contributed by atoms with Crippen LogP contribution in [-0.2, 0) is 19.1 Å². The molecule has 7 nitrogen and oxygen atoms in total. The molecule has 0 heterocycles. The van der Waals surface area contributed by atoms with Crippen LogP contribution in [-0.4, -0.2) is 24.4 Å². The normalized spacial score (nSPS) is 10.4. The van der Waals surface area contributed by atoms with Crippen LogP contribution in [0.25, 0.3) is 0 Å². The molecule has 0 saturated heterocycles. The summed E-state index contributed by atoms with van der Waals surface area (Å²) in [4.78, 5) is 36.0. The van der Waals surface area contributed by atoms with E-state index in [0.29, 0.717) is 22.1 Å². The summed E-state index contributed by atoms with van der Waals surface area (Å²) in [6.45, 7) is 3.53. The van der Waals surface area contributed by atoms with Crippen molar-refractivity contribution in [2.75, 3.05) is 17.2 Å². The van der Waals surface area contributed by atoms with Crippen molar-refractivity contribution in [1.29, 1.82) is 0 Å². The predicted octanol–water partition coefficient (Wildman–Crippen LogP) is 6.41. The molecule has 0 aliphatic heterocycles. The summed E-state index contributed by atoms with van der Waals surface area (Å²) in [5.41, 5.74) is 3.19. The molecule has 3 aromatic carbocycles. The quantitative estimate of drug-likeness (QED) is 0.295. The van der Waals surface area contributed by atoms with Gasteiger partial charge in [0, 0.05) is 16.6 Å². The Labute approximate surface area is 216 Å². The van der Waals surface area contributed by atoms with Gasteiger partial charge in [-0.05, 0) is 79.6 Å². The van der Waals surface area contributed by atoms with Crippen LogP contribution in [0.1, 0.15) is 24.0 Å².